The predicted molar refractivity (Wildman–Crippen MR) is 68.3 cm³/mol. The number of hydrogen-bond acceptors (Lipinski definition) is 7. The number of anilines is 2. The summed E-state index contributed by atoms with van der Waals surface area (Å²) in [5.41, 5.74) is 7.35. The maximum atomic E-state index is 11.6. The molecule has 0 saturated carbocycles. The molecule has 0 fully saturated rings. The molecule has 0 amide bonds. The summed E-state index contributed by atoms with van der Waals surface area (Å²) >= 11 is 0. The Labute approximate surface area is 106 Å². The van der Waals surface area contributed by atoms with Gasteiger partial charge in [0.25, 0.3) is 5.56 Å². The molecule has 9 nitrogen and oxygen atoms in total. The lowest BCUT2D eigenvalue weighted by Crippen LogP contribution is -2.09. The predicted octanol–water partition coefficient (Wildman–Crippen LogP) is -0.370. The van der Waals surface area contributed by atoms with Crippen LogP contribution in [0.5, 0.6) is 0 Å². The van der Waals surface area contributed by atoms with Crippen molar-refractivity contribution in [2.75, 3.05) is 11.1 Å². The molecule has 0 saturated heterocycles. The van der Waals surface area contributed by atoms with Crippen molar-refractivity contribution in [1.29, 1.82) is 0 Å². The summed E-state index contributed by atoms with van der Waals surface area (Å²) in [6.07, 6.45) is 1.35. The summed E-state index contributed by atoms with van der Waals surface area (Å²) in [4.78, 5) is 18.2. The van der Waals surface area contributed by atoms with Crippen molar-refractivity contribution in [1.82, 2.24) is 30.6 Å². The second-order valence-electron chi connectivity index (χ2n) is 3.87. The molecule has 2 heterocycles. The minimum Gasteiger partial charge on any atom is -0.397 e. The molecule has 3 rings (SSSR count). The SMILES string of the molecule is Nc1cc2c(=O)[nH]cnc2cc1NCc1nn[nH]n1. The van der Waals surface area contributed by atoms with Gasteiger partial charge in [0.1, 0.15) is 0 Å². The molecule has 3 aromatic rings. The van der Waals surface area contributed by atoms with Crippen molar-refractivity contribution in [2.24, 2.45) is 0 Å². The zero-order valence-electron chi connectivity index (χ0n) is 9.71. The Hall–Kier alpha value is -2.97. The van der Waals surface area contributed by atoms with Gasteiger partial charge in [0.05, 0.1) is 35.1 Å². The fourth-order valence-corrected chi connectivity index (χ4v) is 1.72. The zero-order chi connectivity index (χ0) is 13.2. The lowest BCUT2D eigenvalue weighted by molar-refractivity contribution is 0.881. The number of benzene rings is 1. The van der Waals surface area contributed by atoms with E-state index in [0.717, 1.165) is 0 Å². The van der Waals surface area contributed by atoms with Crippen molar-refractivity contribution in [3.63, 3.8) is 0 Å². The van der Waals surface area contributed by atoms with Gasteiger partial charge in [-0.1, -0.05) is 5.21 Å². The zero-order valence-corrected chi connectivity index (χ0v) is 9.71. The molecule has 0 aliphatic carbocycles. The van der Waals surface area contributed by atoms with Gasteiger partial charge in [-0.25, -0.2) is 4.98 Å². The van der Waals surface area contributed by atoms with Gasteiger partial charge < -0.3 is 16.0 Å². The van der Waals surface area contributed by atoms with E-state index < -0.39 is 0 Å². The van der Waals surface area contributed by atoms with E-state index in [0.29, 0.717) is 34.6 Å². The first-order valence-corrected chi connectivity index (χ1v) is 5.47. The average molecular weight is 258 g/mol. The lowest BCUT2D eigenvalue weighted by Gasteiger charge is -2.08. The number of nitrogens with one attached hydrogen (secondary N) is 3. The number of rotatable bonds is 3. The Bertz CT molecular complexity index is 763. The number of aromatic nitrogens is 6. The van der Waals surface area contributed by atoms with E-state index in [1.54, 1.807) is 12.1 Å². The molecule has 96 valence electrons. The quantitative estimate of drug-likeness (QED) is 0.470. The molecular weight excluding hydrogens is 248 g/mol. The Kier molecular flexibility index (Phi) is 2.56. The smallest absolute Gasteiger partial charge is 0.258 e. The van der Waals surface area contributed by atoms with Gasteiger partial charge in [-0.2, -0.15) is 5.21 Å². The highest BCUT2D eigenvalue weighted by Crippen LogP contribution is 2.23. The van der Waals surface area contributed by atoms with Crippen LogP contribution >= 0.6 is 0 Å². The van der Waals surface area contributed by atoms with Gasteiger partial charge >= 0.3 is 0 Å². The first kappa shape index (κ1) is 11.1. The van der Waals surface area contributed by atoms with Crippen molar-refractivity contribution < 1.29 is 0 Å². The van der Waals surface area contributed by atoms with Gasteiger partial charge in [0.2, 0.25) is 0 Å². The molecule has 0 atom stereocenters. The van der Waals surface area contributed by atoms with Crippen LogP contribution in [0.2, 0.25) is 0 Å². The van der Waals surface area contributed by atoms with Crippen LogP contribution in [-0.4, -0.2) is 30.6 Å². The van der Waals surface area contributed by atoms with Crippen LogP contribution in [0.15, 0.2) is 23.3 Å². The Balaban J connectivity index is 1.95. The van der Waals surface area contributed by atoms with Crippen LogP contribution in [0, 0.1) is 0 Å². The van der Waals surface area contributed by atoms with Crippen LogP contribution < -0.4 is 16.6 Å². The third-order valence-electron chi connectivity index (χ3n) is 2.64. The largest absolute Gasteiger partial charge is 0.397 e. The van der Waals surface area contributed by atoms with Crippen LogP contribution in [0.25, 0.3) is 10.9 Å². The minimum atomic E-state index is -0.221. The molecule has 0 radical (unpaired) electrons. The molecule has 9 heteroatoms. The summed E-state index contributed by atoms with van der Waals surface area (Å²) in [5, 5.41) is 17.0. The third-order valence-corrected chi connectivity index (χ3v) is 2.64. The Morgan fingerprint density at radius 3 is 3.05 bits per heavy atom. The standard InChI is InChI=1S/C10H10N8O/c11-6-1-5-7(13-4-14-10(5)19)2-8(6)12-3-9-15-17-18-16-9/h1-2,4,12H,3,11H2,(H,13,14,19)(H,15,16,17,18). The summed E-state index contributed by atoms with van der Waals surface area (Å²) in [7, 11) is 0. The normalized spacial score (nSPS) is 10.7. The first-order valence-electron chi connectivity index (χ1n) is 5.47. The summed E-state index contributed by atoms with van der Waals surface area (Å²) in [6, 6.07) is 3.29. The molecule has 5 N–H and O–H groups in total. The van der Waals surface area contributed by atoms with E-state index in [1.165, 1.54) is 6.33 Å². The van der Waals surface area contributed by atoms with Crippen molar-refractivity contribution >= 4 is 22.3 Å². The maximum Gasteiger partial charge on any atom is 0.258 e. The molecule has 0 bridgehead atoms. The summed E-state index contributed by atoms with van der Waals surface area (Å²) < 4.78 is 0. The van der Waals surface area contributed by atoms with Crippen LogP contribution in [0.3, 0.4) is 0 Å². The number of nitrogens with two attached hydrogens (primary N) is 1. The molecule has 0 spiro atoms. The van der Waals surface area contributed by atoms with Gasteiger partial charge in [-0.3, -0.25) is 4.79 Å². The van der Waals surface area contributed by atoms with Crippen LogP contribution in [0.4, 0.5) is 11.4 Å². The second kappa shape index (κ2) is 4.37. The number of fused-ring (bicyclic) bond motifs is 1. The van der Waals surface area contributed by atoms with E-state index >= 15 is 0 Å². The highest BCUT2D eigenvalue weighted by molar-refractivity contribution is 5.88. The van der Waals surface area contributed by atoms with Crippen molar-refractivity contribution in [2.45, 2.75) is 6.54 Å². The molecule has 0 unspecified atom stereocenters. The average Bonchev–Trinajstić information content (AvgIpc) is 2.91. The van der Waals surface area contributed by atoms with E-state index in [1.807, 2.05) is 0 Å². The number of H-pyrrole nitrogens is 2. The molecular formula is C10H10N8O. The minimum absolute atomic E-state index is 0.221. The van der Waals surface area contributed by atoms with E-state index in [9.17, 15) is 4.79 Å². The number of aromatic amines is 2. The van der Waals surface area contributed by atoms with Crippen LogP contribution in [-0.2, 0) is 6.54 Å². The molecule has 1 aromatic carbocycles. The van der Waals surface area contributed by atoms with Gasteiger partial charge in [-0.05, 0) is 12.1 Å². The highest BCUT2D eigenvalue weighted by atomic mass is 16.1. The van der Waals surface area contributed by atoms with Gasteiger partial charge in [0.15, 0.2) is 5.82 Å². The Morgan fingerprint density at radius 2 is 2.26 bits per heavy atom. The number of tetrazole rings is 1. The second-order valence-corrected chi connectivity index (χ2v) is 3.87. The van der Waals surface area contributed by atoms with E-state index in [-0.39, 0.29) is 5.56 Å². The van der Waals surface area contributed by atoms with E-state index in [2.05, 4.69) is 35.9 Å². The van der Waals surface area contributed by atoms with E-state index in [4.69, 9.17) is 5.73 Å². The van der Waals surface area contributed by atoms with Gasteiger partial charge in [-0.15, -0.1) is 10.2 Å². The third kappa shape index (κ3) is 2.08. The number of nitrogens with zero attached hydrogens (tertiary/aromatic N) is 4. The molecule has 2 aromatic heterocycles. The molecule has 19 heavy (non-hydrogen) atoms. The summed E-state index contributed by atoms with van der Waals surface area (Å²) in [6.45, 7) is 0.370. The topological polar surface area (TPSA) is 138 Å². The van der Waals surface area contributed by atoms with Gasteiger partial charge in [0, 0.05) is 0 Å². The molecule has 0 aliphatic heterocycles. The Morgan fingerprint density at radius 1 is 1.37 bits per heavy atom. The molecule has 0 aliphatic rings. The summed E-state index contributed by atoms with van der Waals surface area (Å²) in [5.74, 6) is 0.512. The monoisotopic (exact) mass is 258 g/mol. The maximum absolute atomic E-state index is 11.6. The fourth-order valence-electron chi connectivity index (χ4n) is 1.72. The fraction of sp³-hybridized carbons (Fsp3) is 0.100. The van der Waals surface area contributed by atoms with Crippen molar-refractivity contribution in [3.05, 3.63) is 34.6 Å². The number of hydrogen-bond donors (Lipinski definition) is 4. The first-order chi connectivity index (χ1) is 9.24. The number of nitrogen functional groups attached to an aromatic ring is 1. The van der Waals surface area contributed by atoms with Crippen molar-refractivity contribution in [3.8, 4) is 0 Å². The highest BCUT2D eigenvalue weighted by Gasteiger charge is 2.06. The van der Waals surface area contributed by atoms with Crippen LogP contribution in [0.1, 0.15) is 5.82 Å². The lowest BCUT2D eigenvalue weighted by atomic mass is 10.2.